The number of hydrogen-bond acceptors (Lipinski definition) is 5. The van der Waals surface area contributed by atoms with Gasteiger partial charge in [-0.05, 0) is 29.8 Å². The molecular weight excluding hydrogens is 531 g/mol. The van der Waals surface area contributed by atoms with Crippen LogP contribution in [0.25, 0.3) is 0 Å². The molecular formula is C25H19ClF3N3O6. The Morgan fingerprint density at radius 2 is 1.68 bits per heavy atom. The highest BCUT2D eigenvalue weighted by atomic mass is 35.5. The van der Waals surface area contributed by atoms with Crippen LogP contribution in [-0.4, -0.2) is 44.0 Å². The van der Waals surface area contributed by atoms with Crippen LogP contribution in [0.1, 0.15) is 43.1 Å². The Hall–Kier alpha value is -4.32. The molecule has 4 rings (SSSR count). The van der Waals surface area contributed by atoms with Gasteiger partial charge in [-0.15, -0.1) is 0 Å². The molecule has 3 N–H and O–H groups in total. The van der Waals surface area contributed by atoms with Crippen molar-refractivity contribution in [2.24, 2.45) is 0 Å². The fourth-order valence-electron chi connectivity index (χ4n) is 4.13. The van der Waals surface area contributed by atoms with Gasteiger partial charge in [-0.1, -0.05) is 35.9 Å². The van der Waals surface area contributed by atoms with Gasteiger partial charge in [-0.25, -0.2) is 0 Å². The minimum atomic E-state index is -4.57. The number of aromatic nitrogens is 1. The number of hydrogen-bond donors (Lipinski definition) is 3. The first-order chi connectivity index (χ1) is 17.9. The topological polar surface area (TPSA) is 129 Å². The number of halogens is 4. The number of carbonyl (C=O) groups excluding carboxylic acids is 2. The van der Waals surface area contributed by atoms with E-state index >= 15 is 0 Å². The van der Waals surface area contributed by atoms with Gasteiger partial charge in [-0.3, -0.25) is 19.2 Å². The lowest BCUT2D eigenvalue weighted by atomic mass is 10.1. The van der Waals surface area contributed by atoms with Crippen LogP contribution in [-0.2, 0) is 30.6 Å². The number of fused-ring (bicyclic) bond motifs is 1. The lowest BCUT2D eigenvalue weighted by molar-refractivity contribution is -0.138. The van der Waals surface area contributed by atoms with Gasteiger partial charge < -0.3 is 25.0 Å². The summed E-state index contributed by atoms with van der Waals surface area (Å²) >= 11 is 6.14. The highest BCUT2D eigenvalue weighted by Gasteiger charge is 2.35. The van der Waals surface area contributed by atoms with Gasteiger partial charge in [0.05, 0.1) is 35.8 Å². The van der Waals surface area contributed by atoms with Crippen LogP contribution in [0.15, 0.2) is 53.3 Å². The van der Waals surface area contributed by atoms with Crippen molar-refractivity contribution in [2.75, 3.05) is 6.54 Å². The molecule has 0 spiro atoms. The molecule has 198 valence electrons. The highest BCUT2D eigenvalue weighted by molar-refractivity contribution is 6.33. The number of pyridine rings is 1. The predicted molar refractivity (Wildman–Crippen MR) is 128 cm³/mol. The van der Waals surface area contributed by atoms with E-state index in [0.717, 1.165) is 16.7 Å². The fourth-order valence-corrected chi connectivity index (χ4v) is 4.35. The lowest BCUT2D eigenvalue weighted by Gasteiger charge is -2.17. The van der Waals surface area contributed by atoms with Crippen LogP contribution in [0.3, 0.4) is 0 Å². The number of carboxylic acid groups (broad SMARTS) is 1. The smallest absolute Gasteiger partial charge is 0.416 e. The molecule has 0 saturated heterocycles. The quantitative estimate of drug-likeness (QED) is 0.433. The van der Waals surface area contributed by atoms with Crippen molar-refractivity contribution >= 4 is 29.4 Å². The third-order valence-corrected chi connectivity index (χ3v) is 6.32. The summed E-state index contributed by atoms with van der Waals surface area (Å²) < 4.78 is 40.0. The van der Waals surface area contributed by atoms with Gasteiger partial charge in [0.2, 0.25) is 0 Å². The third-order valence-electron chi connectivity index (χ3n) is 5.99. The van der Waals surface area contributed by atoms with Gasteiger partial charge in [0, 0.05) is 11.3 Å². The molecule has 1 aromatic heterocycles. The SMILES string of the molecule is O=C(O)CNC(=O)c1c(O)c2c(n(Cc3ccc(C(F)(F)F)cc3)c1=O)CN(C(=O)c1ccccc1Cl)C2. The molecule has 0 aliphatic carbocycles. The Bertz CT molecular complexity index is 1500. The van der Waals surface area contributed by atoms with E-state index in [1.54, 1.807) is 12.1 Å². The second-order valence-corrected chi connectivity index (χ2v) is 8.86. The first-order valence-electron chi connectivity index (χ1n) is 11.1. The van der Waals surface area contributed by atoms with E-state index in [1.165, 1.54) is 29.2 Å². The van der Waals surface area contributed by atoms with Crippen molar-refractivity contribution in [3.63, 3.8) is 0 Å². The van der Waals surface area contributed by atoms with Gasteiger partial charge >= 0.3 is 12.1 Å². The molecule has 13 heteroatoms. The van der Waals surface area contributed by atoms with Gasteiger partial charge in [0.25, 0.3) is 17.4 Å². The van der Waals surface area contributed by atoms with Crippen LogP contribution in [0.2, 0.25) is 5.02 Å². The Morgan fingerprint density at radius 3 is 2.29 bits per heavy atom. The maximum atomic E-state index is 13.4. The third kappa shape index (κ3) is 5.21. The Labute approximate surface area is 217 Å². The average molecular weight is 550 g/mol. The Morgan fingerprint density at radius 1 is 1.03 bits per heavy atom. The maximum Gasteiger partial charge on any atom is 0.416 e. The van der Waals surface area contributed by atoms with Crippen molar-refractivity contribution in [2.45, 2.75) is 25.8 Å². The number of nitrogens with one attached hydrogen (secondary N) is 1. The molecule has 38 heavy (non-hydrogen) atoms. The van der Waals surface area contributed by atoms with Crippen LogP contribution in [0, 0.1) is 0 Å². The second-order valence-electron chi connectivity index (χ2n) is 8.45. The number of carboxylic acids is 1. The first-order valence-corrected chi connectivity index (χ1v) is 11.4. The molecule has 2 aromatic carbocycles. The van der Waals surface area contributed by atoms with Crippen molar-refractivity contribution in [1.29, 1.82) is 0 Å². The van der Waals surface area contributed by atoms with Crippen molar-refractivity contribution in [3.05, 3.63) is 97.4 Å². The van der Waals surface area contributed by atoms with E-state index < -0.39 is 52.9 Å². The summed E-state index contributed by atoms with van der Waals surface area (Å²) in [4.78, 5) is 51.3. The first kappa shape index (κ1) is 26.7. The number of aliphatic carboxylic acids is 1. The van der Waals surface area contributed by atoms with E-state index in [0.29, 0.717) is 0 Å². The minimum Gasteiger partial charge on any atom is -0.506 e. The van der Waals surface area contributed by atoms with Gasteiger partial charge in [0.1, 0.15) is 17.9 Å². The second kappa shape index (κ2) is 10.2. The van der Waals surface area contributed by atoms with Crippen molar-refractivity contribution in [1.82, 2.24) is 14.8 Å². The maximum absolute atomic E-state index is 13.4. The number of aromatic hydroxyl groups is 1. The lowest BCUT2D eigenvalue weighted by Crippen LogP contribution is -2.37. The molecule has 2 heterocycles. The molecule has 0 atom stereocenters. The van der Waals surface area contributed by atoms with E-state index in [9.17, 15) is 37.5 Å². The average Bonchev–Trinajstić information content (AvgIpc) is 3.31. The van der Waals surface area contributed by atoms with Crippen LogP contribution in [0.4, 0.5) is 13.2 Å². The van der Waals surface area contributed by atoms with Crippen molar-refractivity contribution in [3.8, 4) is 5.75 Å². The van der Waals surface area contributed by atoms with Gasteiger partial charge in [-0.2, -0.15) is 13.2 Å². The summed E-state index contributed by atoms with van der Waals surface area (Å²) in [7, 11) is 0. The normalized spacial score (nSPS) is 12.8. The molecule has 1 aliphatic rings. The zero-order chi connectivity index (χ0) is 27.8. The largest absolute Gasteiger partial charge is 0.506 e. The summed E-state index contributed by atoms with van der Waals surface area (Å²) in [5, 5.41) is 21.9. The molecule has 0 saturated carbocycles. The molecule has 1 aliphatic heterocycles. The molecule has 0 unspecified atom stereocenters. The minimum absolute atomic E-state index is 0.0670. The fraction of sp³-hybridized carbons (Fsp3) is 0.200. The number of rotatable bonds is 6. The monoisotopic (exact) mass is 549 g/mol. The summed E-state index contributed by atoms with van der Waals surface area (Å²) in [6.07, 6.45) is -4.57. The van der Waals surface area contributed by atoms with Crippen LogP contribution in [0.5, 0.6) is 5.75 Å². The predicted octanol–water partition coefficient (Wildman–Crippen LogP) is 3.24. The van der Waals surface area contributed by atoms with E-state index in [4.69, 9.17) is 16.7 Å². The van der Waals surface area contributed by atoms with Gasteiger partial charge in [0.15, 0.2) is 0 Å². The van der Waals surface area contributed by atoms with E-state index in [1.807, 2.05) is 5.32 Å². The summed E-state index contributed by atoms with van der Waals surface area (Å²) in [5.41, 5.74) is -1.96. The van der Waals surface area contributed by atoms with E-state index in [2.05, 4.69) is 0 Å². The summed E-state index contributed by atoms with van der Waals surface area (Å²) in [6, 6.07) is 10.3. The Balaban J connectivity index is 1.78. The number of alkyl halides is 3. The van der Waals surface area contributed by atoms with Crippen molar-refractivity contribution < 1.29 is 37.8 Å². The van der Waals surface area contributed by atoms with Crippen LogP contribution < -0.4 is 10.9 Å². The van der Waals surface area contributed by atoms with E-state index in [-0.39, 0.29) is 47.0 Å². The summed E-state index contributed by atoms with van der Waals surface area (Å²) in [6.45, 7) is -1.49. The number of amides is 2. The highest BCUT2D eigenvalue weighted by Crippen LogP contribution is 2.34. The molecule has 3 aromatic rings. The number of benzene rings is 2. The number of carbonyl (C=O) groups is 3. The molecule has 0 fully saturated rings. The molecule has 9 nitrogen and oxygen atoms in total. The number of nitrogens with zero attached hydrogens (tertiary/aromatic N) is 2. The molecule has 2 amide bonds. The standard InChI is InChI=1S/C25H19ClF3N3O6/c26-17-4-2-1-3-15(17)23(37)31-11-16-18(12-31)32(10-13-5-7-14(8-6-13)25(27,28)29)24(38)20(21(16)35)22(36)30-9-19(33)34/h1-8,35H,9-12H2,(H,30,36)(H,33,34). The molecule has 0 bridgehead atoms. The summed E-state index contributed by atoms with van der Waals surface area (Å²) in [5.74, 6) is -3.78. The molecule has 0 radical (unpaired) electrons. The Kier molecular flexibility index (Phi) is 7.18. The zero-order valence-electron chi connectivity index (χ0n) is 19.4. The zero-order valence-corrected chi connectivity index (χ0v) is 20.1. The van der Waals surface area contributed by atoms with Crippen LogP contribution >= 0.6 is 11.6 Å².